The van der Waals surface area contributed by atoms with Crippen LogP contribution in [0.4, 0.5) is 0 Å². The van der Waals surface area contributed by atoms with Gasteiger partial charge in [0.15, 0.2) is 0 Å². The number of hydrogen-bond donors (Lipinski definition) is 2. The van der Waals surface area contributed by atoms with E-state index in [9.17, 15) is 4.79 Å². The molecule has 5 heteroatoms. The molecular formula is C17H25ClN2OS. The molecule has 1 aromatic carbocycles. The maximum absolute atomic E-state index is 12.6. The Morgan fingerprint density at radius 2 is 1.86 bits per heavy atom. The van der Waals surface area contributed by atoms with E-state index >= 15 is 0 Å². The lowest BCUT2D eigenvalue weighted by molar-refractivity contribution is 0.0921. The minimum Gasteiger partial charge on any atom is -0.349 e. The molecule has 3 rings (SSSR count). The second-order valence-corrected chi connectivity index (χ2v) is 8.06. The second kappa shape index (κ2) is 7.71. The SMILES string of the molecule is CC(C)Sc1ccccc1C(=O)NC1CC2CCC(C1)N2.Cl. The first kappa shape index (κ1) is 17.6. The number of halogens is 1. The fourth-order valence-corrected chi connectivity index (χ4v) is 4.40. The molecule has 2 aliphatic rings. The third kappa shape index (κ3) is 4.18. The smallest absolute Gasteiger partial charge is 0.252 e. The molecule has 2 atom stereocenters. The van der Waals surface area contributed by atoms with Gasteiger partial charge < -0.3 is 10.6 Å². The zero-order chi connectivity index (χ0) is 14.8. The molecule has 122 valence electrons. The van der Waals surface area contributed by atoms with Gasteiger partial charge in [-0.3, -0.25) is 4.79 Å². The number of rotatable bonds is 4. The molecule has 22 heavy (non-hydrogen) atoms. The van der Waals surface area contributed by atoms with Gasteiger partial charge in [0.25, 0.3) is 5.91 Å². The van der Waals surface area contributed by atoms with Crippen LogP contribution in [0.1, 0.15) is 49.9 Å². The average molecular weight is 341 g/mol. The van der Waals surface area contributed by atoms with Crippen LogP contribution in [-0.4, -0.2) is 29.3 Å². The minimum absolute atomic E-state index is 0. The number of nitrogens with one attached hydrogen (secondary N) is 2. The summed E-state index contributed by atoms with van der Waals surface area (Å²) in [7, 11) is 0. The van der Waals surface area contributed by atoms with E-state index in [1.165, 1.54) is 12.8 Å². The lowest BCUT2D eigenvalue weighted by Gasteiger charge is -2.29. The van der Waals surface area contributed by atoms with Gasteiger partial charge in [0.1, 0.15) is 0 Å². The second-order valence-electron chi connectivity index (χ2n) is 6.44. The molecule has 0 aromatic heterocycles. The van der Waals surface area contributed by atoms with E-state index in [-0.39, 0.29) is 18.3 Å². The number of thioether (sulfide) groups is 1. The monoisotopic (exact) mass is 340 g/mol. The van der Waals surface area contributed by atoms with Gasteiger partial charge in [0, 0.05) is 28.3 Å². The number of benzene rings is 1. The fraction of sp³-hybridized carbons (Fsp3) is 0.588. The van der Waals surface area contributed by atoms with Gasteiger partial charge in [-0.25, -0.2) is 0 Å². The summed E-state index contributed by atoms with van der Waals surface area (Å²) in [5.41, 5.74) is 0.821. The average Bonchev–Trinajstić information content (AvgIpc) is 2.78. The molecule has 2 aliphatic heterocycles. The van der Waals surface area contributed by atoms with E-state index in [2.05, 4.69) is 24.5 Å². The Morgan fingerprint density at radius 3 is 2.50 bits per heavy atom. The Kier molecular flexibility index (Phi) is 6.18. The first-order valence-corrected chi connectivity index (χ1v) is 8.82. The van der Waals surface area contributed by atoms with Crippen molar-refractivity contribution >= 4 is 30.1 Å². The molecule has 2 saturated heterocycles. The van der Waals surface area contributed by atoms with E-state index in [0.717, 1.165) is 23.3 Å². The number of amides is 1. The largest absolute Gasteiger partial charge is 0.349 e. The van der Waals surface area contributed by atoms with Crippen LogP contribution in [0, 0.1) is 0 Å². The van der Waals surface area contributed by atoms with Crippen molar-refractivity contribution in [1.29, 1.82) is 0 Å². The molecule has 0 spiro atoms. The molecule has 2 bridgehead atoms. The number of carbonyl (C=O) groups is 1. The van der Waals surface area contributed by atoms with Crippen molar-refractivity contribution in [3.63, 3.8) is 0 Å². The van der Waals surface area contributed by atoms with Crippen LogP contribution in [-0.2, 0) is 0 Å². The lowest BCUT2D eigenvalue weighted by Crippen LogP contribution is -2.48. The topological polar surface area (TPSA) is 41.1 Å². The number of piperidine rings is 1. The first-order valence-electron chi connectivity index (χ1n) is 7.94. The Hall–Kier alpha value is -0.710. The van der Waals surface area contributed by atoms with Crippen molar-refractivity contribution in [2.45, 2.75) is 67.8 Å². The van der Waals surface area contributed by atoms with Gasteiger partial charge in [-0.15, -0.1) is 24.2 Å². The van der Waals surface area contributed by atoms with Gasteiger partial charge in [-0.1, -0.05) is 26.0 Å². The van der Waals surface area contributed by atoms with Crippen LogP contribution < -0.4 is 10.6 Å². The standard InChI is InChI=1S/C17H24N2OS.ClH/c1-11(2)21-16-6-4-3-5-15(16)17(20)19-14-9-12-7-8-13(10-14)18-12;/h3-6,11-14,18H,7-10H2,1-2H3,(H,19,20);1H. The van der Waals surface area contributed by atoms with Crippen LogP contribution in [0.5, 0.6) is 0 Å². The van der Waals surface area contributed by atoms with E-state index in [0.29, 0.717) is 23.4 Å². The Labute approximate surface area is 143 Å². The predicted octanol–water partition coefficient (Wildman–Crippen LogP) is 3.62. The molecule has 0 radical (unpaired) electrons. The van der Waals surface area contributed by atoms with E-state index in [4.69, 9.17) is 0 Å². The minimum atomic E-state index is 0. The summed E-state index contributed by atoms with van der Waals surface area (Å²) < 4.78 is 0. The highest BCUT2D eigenvalue weighted by Gasteiger charge is 2.34. The van der Waals surface area contributed by atoms with Crippen molar-refractivity contribution in [3.8, 4) is 0 Å². The zero-order valence-corrected chi connectivity index (χ0v) is 14.8. The van der Waals surface area contributed by atoms with Crippen molar-refractivity contribution in [2.24, 2.45) is 0 Å². The third-order valence-electron chi connectivity index (χ3n) is 4.30. The molecular weight excluding hydrogens is 316 g/mol. The van der Waals surface area contributed by atoms with E-state index < -0.39 is 0 Å². The molecule has 2 fully saturated rings. The van der Waals surface area contributed by atoms with Crippen molar-refractivity contribution in [3.05, 3.63) is 29.8 Å². The summed E-state index contributed by atoms with van der Waals surface area (Å²) in [6.45, 7) is 4.31. The zero-order valence-electron chi connectivity index (χ0n) is 13.2. The molecule has 1 amide bonds. The van der Waals surface area contributed by atoms with Gasteiger partial charge in [-0.05, 0) is 37.8 Å². The van der Waals surface area contributed by atoms with E-state index in [1.807, 2.05) is 24.3 Å². The molecule has 2 N–H and O–H groups in total. The number of fused-ring (bicyclic) bond motifs is 2. The first-order chi connectivity index (χ1) is 10.1. The number of carbonyl (C=O) groups excluding carboxylic acids is 1. The van der Waals surface area contributed by atoms with Crippen LogP contribution in [0.2, 0.25) is 0 Å². The molecule has 1 aromatic rings. The van der Waals surface area contributed by atoms with Crippen LogP contribution in [0.25, 0.3) is 0 Å². The highest BCUT2D eigenvalue weighted by molar-refractivity contribution is 8.00. The summed E-state index contributed by atoms with van der Waals surface area (Å²) >= 11 is 1.76. The van der Waals surface area contributed by atoms with Crippen molar-refractivity contribution in [1.82, 2.24) is 10.6 Å². The normalized spacial score (nSPS) is 26.6. The summed E-state index contributed by atoms with van der Waals surface area (Å²) in [5.74, 6) is 0.0880. The van der Waals surface area contributed by atoms with Crippen molar-refractivity contribution in [2.75, 3.05) is 0 Å². The summed E-state index contributed by atoms with van der Waals surface area (Å²) in [4.78, 5) is 13.7. The fourth-order valence-electron chi connectivity index (χ4n) is 3.45. The molecule has 2 unspecified atom stereocenters. The third-order valence-corrected chi connectivity index (χ3v) is 5.38. The summed E-state index contributed by atoms with van der Waals surface area (Å²) in [6, 6.07) is 9.48. The highest BCUT2D eigenvalue weighted by atomic mass is 35.5. The summed E-state index contributed by atoms with van der Waals surface area (Å²) in [5, 5.41) is 7.35. The van der Waals surface area contributed by atoms with Crippen LogP contribution in [0.15, 0.2) is 29.2 Å². The van der Waals surface area contributed by atoms with E-state index in [1.54, 1.807) is 11.8 Å². The van der Waals surface area contributed by atoms with Gasteiger partial charge in [0.2, 0.25) is 0 Å². The molecule has 2 heterocycles. The number of hydrogen-bond acceptors (Lipinski definition) is 3. The molecule has 0 aliphatic carbocycles. The van der Waals surface area contributed by atoms with Crippen LogP contribution >= 0.6 is 24.2 Å². The lowest BCUT2D eigenvalue weighted by atomic mass is 9.99. The molecule has 3 nitrogen and oxygen atoms in total. The quantitative estimate of drug-likeness (QED) is 0.822. The van der Waals surface area contributed by atoms with Gasteiger partial charge in [0.05, 0.1) is 5.56 Å². The van der Waals surface area contributed by atoms with Crippen molar-refractivity contribution < 1.29 is 4.79 Å². The van der Waals surface area contributed by atoms with Gasteiger partial charge >= 0.3 is 0 Å². The Balaban J connectivity index is 0.00000176. The maximum atomic E-state index is 12.6. The molecule has 0 saturated carbocycles. The van der Waals surface area contributed by atoms with Crippen LogP contribution in [0.3, 0.4) is 0 Å². The Morgan fingerprint density at radius 1 is 1.23 bits per heavy atom. The van der Waals surface area contributed by atoms with Gasteiger partial charge in [-0.2, -0.15) is 0 Å². The summed E-state index contributed by atoms with van der Waals surface area (Å²) in [6.07, 6.45) is 4.66. The Bertz CT molecular complexity index is 511. The predicted molar refractivity (Wildman–Crippen MR) is 95.1 cm³/mol. The maximum Gasteiger partial charge on any atom is 0.252 e. The highest BCUT2D eigenvalue weighted by Crippen LogP contribution is 2.29.